The lowest BCUT2D eigenvalue weighted by molar-refractivity contribution is -0.385. The summed E-state index contributed by atoms with van der Waals surface area (Å²) < 4.78 is 1.80. The lowest BCUT2D eigenvalue weighted by atomic mass is 10.0. The van der Waals surface area contributed by atoms with Crippen molar-refractivity contribution in [3.05, 3.63) is 39.7 Å². The Labute approximate surface area is 122 Å². The Morgan fingerprint density at radius 1 is 1.33 bits per heavy atom. The van der Waals surface area contributed by atoms with Gasteiger partial charge in [0.05, 0.1) is 4.92 Å². The van der Waals surface area contributed by atoms with E-state index in [1.165, 1.54) is 6.07 Å². The van der Waals surface area contributed by atoms with Crippen LogP contribution in [0.2, 0.25) is 0 Å². The summed E-state index contributed by atoms with van der Waals surface area (Å²) in [5.41, 5.74) is 0.867. The number of aliphatic hydroxyl groups is 1. The standard InChI is InChI=1S/C14H18N4O3/c1-9-10(6-5-7-11(9)18(20)21)13-16-15-12(8-19)17(13)14(2,3)4/h5-7,19H,8H2,1-4H3. The fourth-order valence-electron chi connectivity index (χ4n) is 2.36. The highest BCUT2D eigenvalue weighted by molar-refractivity contribution is 5.66. The van der Waals surface area contributed by atoms with Crippen LogP contribution in [0.3, 0.4) is 0 Å². The van der Waals surface area contributed by atoms with Gasteiger partial charge in [-0.3, -0.25) is 10.1 Å². The molecule has 0 radical (unpaired) electrons. The lowest BCUT2D eigenvalue weighted by Crippen LogP contribution is -2.25. The second kappa shape index (κ2) is 5.25. The van der Waals surface area contributed by atoms with E-state index in [0.717, 1.165) is 0 Å². The number of rotatable bonds is 3. The monoisotopic (exact) mass is 290 g/mol. The maximum atomic E-state index is 11.1. The molecule has 0 bridgehead atoms. The minimum atomic E-state index is -0.413. The topological polar surface area (TPSA) is 94.1 Å². The second-order valence-electron chi connectivity index (χ2n) is 5.81. The molecule has 1 aromatic carbocycles. The number of hydrogen-bond donors (Lipinski definition) is 1. The summed E-state index contributed by atoms with van der Waals surface area (Å²) >= 11 is 0. The number of nitrogens with zero attached hydrogens (tertiary/aromatic N) is 4. The van der Waals surface area contributed by atoms with Gasteiger partial charge in [0, 0.05) is 22.7 Å². The predicted molar refractivity (Wildman–Crippen MR) is 77.8 cm³/mol. The van der Waals surface area contributed by atoms with Crippen molar-refractivity contribution in [3.63, 3.8) is 0 Å². The first-order chi connectivity index (χ1) is 9.77. The molecule has 0 amide bonds. The van der Waals surface area contributed by atoms with Crippen molar-refractivity contribution in [2.24, 2.45) is 0 Å². The third-order valence-corrected chi connectivity index (χ3v) is 3.29. The molecule has 2 aromatic rings. The molecule has 0 fully saturated rings. The lowest BCUT2D eigenvalue weighted by Gasteiger charge is -2.25. The molecule has 0 atom stereocenters. The Kier molecular flexibility index (Phi) is 3.78. The van der Waals surface area contributed by atoms with Gasteiger partial charge in [0.25, 0.3) is 5.69 Å². The molecular formula is C14H18N4O3. The van der Waals surface area contributed by atoms with Crippen molar-refractivity contribution in [1.82, 2.24) is 14.8 Å². The van der Waals surface area contributed by atoms with Crippen molar-refractivity contribution >= 4 is 5.69 Å². The normalized spacial score (nSPS) is 11.7. The van der Waals surface area contributed by atoms with Gasteiger partial charge >= 0.3 is 0 Å². The molecule has 1 heterocycles. The predicted octanol–water partition coefficient (Wildman–Crippen LogP) is 2.41. The molecule has 0 saturated carbocycles. The molecule has 0 aliphatic heterocycles. The van der Waals surface area contributed by atoms with E-state index < -0.39 is 4.92 Å². The second-order valence-corrected chi connectivity index (χ2v) is 5.81. The van der Waals surface area contributed by atoms with Crippen LogP contribution < -0.4 is 0 Å². The summed E-state index contributed by atoms with van der Waals surface area (Å²) in [5.74, 6) is 0.955. The molecule has 0 aliphatic carbocycles. The van der Waals surface area contributed by atoms with Gasteiger partial charge < -0.3 is 9.67 Å². The van der Waals surface area contributed by atoms with Gasteiger partial charge in [-0.1, -0.05) is 12.1 Å². The van der Waals surface area contributed by atoms with Crippen LogP contribution in [0.25, 0.3) is 11.4 Å². The molecule has 2 rings (SSSR count). The van der Waals surface area contributed by atoms with Crippen LogP contribution in [0.15, 0.2) is 18.2 Å². The molecule has 21 heavy (non-hydrogen) atoms. The smallest absolute Gasteiger partial charge is 0.273 e. The summed E-state index contributed by atoms with van der Waals surface area (Å²) in [6, 6.07) is 4.86. The fourth-order valence-corrected chi connectivity index (χ4v) is 2.36. The van der Waals surface area contributed by atoms with Crippen LogP contribution in [0, 0.1) is 17.0 Å². The van der Waals surface area contributed by atoms with E-state index >= 15 is 0 Å². The average Bonchev–Trinajstić information content (AvgIpc) is 2.82. The zero-order chi connectivity index (χ0) is 15.8. The summed E-state index contributed by atoms with van der Waals surface area (Å²) in [6.07, 6.45) is 0. The maximum Gasteiger partial charge on any atom is 0.273 e. The van der Waals surface area contributed by atoms with Gasteiger partial charge in [-0.15, -0.1) is 10.2 Å². The largest absolute Gasteiger partial charge is 0.388 e. The van der Waals surface area contributed by atoms with Crippen LogP contribution in [0.4, 0.5) is 5.69 Å². The molecule has 7 nitrogen and oxygen atoms in total. The van der Waals surface area contributed by atoms with Crippen LogP contribution in [0.5, 0.6) is 0 Å². The molecule has 0 saturated heterocycles. The Bertz CT molecular complexity index is 686. The highest BCUT2D eigenvalue weighted by atomic mass is 16.6. The third kappa shape index (κ3) is 2.64. The fraction of sp³-hybridized carbons (Fsp3) is 0.429. The zero-order valence-electron chi connectivity index (χ0n) is 12.5. The van der Waals surface area contributed by atoms with Gasteiger partial charge in [-0.05, 0) is 27.7 Å². The van der Waals surface area contributed by atoms with E-state index in [0.29, 0.717) is 22.8 Å². The molecule has 0 unspecified atom stereocenters. The average molecular weight is 290 g/mol. The van der Waals surface area contributed by atoms with E-state index in [4.69, 9.17) is 0 Å². The number of aromatic nitrogens is 3. The van der Waals surface area contributed by atoms with E-state index in [2.05, 4.69) is 10.2 Å². The Morgan fingerprint density at radius 2 is 2.00 bits per heavy atom. The number of nitro benzene ring substituents is 1. The van der Waals surface area contributed by atoms with Gasteiger partial charge in [0.2, 0.25) is 0 Å². The maximum absolute atomic E-state index is 11.1. The van der Waals surface area contributed by atoms with E-state index in [1.54, 1.807) is 23.6 Å². The van der Waals surface area contributed by atoms with Crippen molar-refractivity contribution in [2.45, 2.75) is 39.8 Å². The quantitative estimate of drug-likeness (QED) is 0.692. The van der Waals surface area contributed by atoms with E-state index in [1.807, 2.05) is 20.8 Å². The first kappa shape index (κ1) is 15.1. The van der Waals surface area contributed by atoms with Crippen molar-refractivity contribution in [3.8, 4) is 11.4 Å². The van der Waals surface area contributed by atoms with Crippen molar-refractivity contribution < 1.29 is 10.0 Å². The molecule has 1 N–H and O–H groups in total. The Balaban J connectivity index is 2.72. The highest BCUT2D eigenvalue weighted by Gasteiger charge is 2.26. The van der Waals surface area contributed by atoms with Gasteiger partial charge in [-0.2, -0.15) is 0 Å². The van der Waals surface area contributed by atoms with Gasteiger partial charge in [-0.25, -0.2) is 0 Å². The molecule has 7 heteroatoms. The van der Waals surface area contributed by atoms with Crippen LogP contribution in [-0.4, -0.2) is 24.8 Å². The molecule has 1 aromatic heterocycles. The van der Waals surface area contributed by atoms with Crippen molar-refractivity contribution in [2.75, 3.05) is 0 Å². The minimum Gasteiger partial charge on any atom is -0.388 e. The molecule has 0 spiro atoms. The van der Waals surface area contributed by atoms with Gasteiger partial charge in [0.15, 0.2) is 11.6 Å². The SMILES string of the molecule is Cc1c(-c2nnc(CO)n2C(C)(C)C)cccc1[N+](=O)[O-]. The Morgan fingerprint density at radius 3 is 2.52 bits per heavy atom. The third-order valence-electron chi connectivity index (χ3n) is 3.29. The summed E-state index contributed by atoms with van der Waals surface area (Å²) in [4.78, 5) is 10.7. The number of hydrogen-bond acceptors (Lipinski definition) is 5. The number of benzene rings is 1. The first-order valence-electron chi connectivity index (χ1n) is 6.57. The van der Waals surface area contributed by atoms with Gasteiger partial charge in [0.1, 0.15) is 6.61 Å². The molecule has 0 aliphatic rings. The summed E-state index contributed by atoms with van der Waals surface area (Å²) in [5, 5.41) is 28.6. The van der Waals surface area contributed by atoms with Crippen LogP contribution >= 0.6 is 0 Å². The summed E-state index contributed by atoms with van der Waals surface area (Å²) in [6.45, 7) is 7.34. The number of nitro groups is 1. The summed E-state index contributed by atoms with van der Waals surface area (Å²) in [7, 11) is 0. The van der Waals surface area contributed by atoms with Crippen LogP contribution in [-0.2, 0) is 12.1 Å². The van der Waals surface area contributed by atoms with Crippen LogP contribution in [0.1, 0.15) is 32.2 Å². The van der Waals surface area contributed by atoms with E-state index in [-0.39, 0.29) is 17.8 Å². The molecular weight excluding hydrogens is 272 g/mol. The minimum absolute atomic E-state index is 0.0431. The molecule has 112 valence electrons. The van der Waals surface area contributed by atoms with Crippen molar-refractivity contribution in [1.29, 1.82) is 0 Å². The highest BCUT2D eigenvalue weighted by Crippen LogP contribution is 2.32. The Hall–Kier alpha value is -2.28. The number of aliphatic hydroxyl groups excluding tert-OH is 1. The first-order valence-corrected chi connectivity index (χ1v) is 6.57. The zero-order valence-corrected chi connectivity index (χ0v) is 12.5. The van der Waals surface area contributed by atoms with E-state index in [9.17, 15) is 15.2 Å².